The lowest BCUT2D eigenvalue weighted by Gasteiger charge is -2.42. The second kappa shape index (κ2) is 9.47. The topological polar surface area (TPSA) is 58.4 Å². The van der Waals surface area contributed by atoms with Gasteiger partial charge in [-0.1, -0.05) is 6.07 Å². The van der Waals surface area contributed by atoms with Crippen molar-refractivity contribution in [2.24, 2.45) is 7.05 Å². The Hall–Kier alpha value is -2.29. The first-order valence-corrected chi connectivity index (χ1v) is 15.5. The van der Waals surface area contributed by atoms with Crippen LogP contribution in [-0.4, -0.2) is 72.3 Å². The Bertz CT molecular complexity index is 1430. The molecule has 2 saturated heterocycles. The molecule has 3 heterocycles. The van der Waals surface area contributed by atoms with Crippen molar-refractivity contribution in [3.63, 3.8) is 0 Å². The highest BCUT2D eigenvalue weighted by molar-refractivity contribution is 7.90. The van der Waals surface area contributed by atoms with Gasteiger partial charge in [0.2, 0.25) is 0 Å². The molecular formula is C29H37FN4O2S. The van der Waals surface area contributed by atoms with Gasteiger partial charge in [0.1, 0.15) is 16.5 Å². The smallest absolute Gasteiger partial charge is 0.178 e. The number of sulfone groups is 1. The number of piperidine rings is 2. The van der Waals surface area contributed by atoms with Gasteiger partial charge in [0.15, 0.2) is 9.84 Å². The van der Waals surface area contributed by atoms with Crippen molar-refractivity contribution in [1.82, 2.24) is 19.4 Å². The molecule has 0 atom stereocenters. The highest BCUT2D eigenvalue weighted by atomic mass is 32.2. The molecule has 1 aromatic heterocycles. The zero-order chi connectivity index (χ0) is 25.9. The lowest BCUT2D eigenvalue weighted by molar-refractivity contribution is 0.0844. The Morgan fingerprint density at radius 3 is 2.11 bits per heavy atom. The minimum atomic E-state index is -3.61. The van der Waals surface area contributed by atoms with Crippen molar-refractivity contribution in [1.29, 1.82) is 0 Å². The highest BCUT2D eigenvalue weighted by Gasteiger charge is 2.34. The van der Waals surface area contributed by atoms with Crippen molar-refractivity contribution in [2.75, 3.05) is 32.4 Å². The number of fused-ring (bicyclic) bond motifs is 1. The number of hydrogen-bond donors (Lipinski definition) is 0. The van der Waals surface area contributed by atoms with Crippen molar-refractivity contribution in [3.8, 4) is 11.4 Å². The molecule has 0 unspecified atom stereocenters. The standard InChI is InChI=1S/C29H37FN4O2S/c1-19-16-22(20-8-12-33(13-9-20)24-10-14-34(15-11-24)23-5-6-23)18-26-28(19)31-29(32(26)2)21-4-7-27(25(30)17-21)37(3,35)36/h4,7,16-18,20,23-24H,5-6,8-15H2,1-3H3. The van der Waals surface area contributed by atoms with Gasteiger partial charge in [-0.2, -0.15) is 0 Å². The molecule has 0 radical (unpaired) electrons. The molecule has 6 nitrogen and oxygen atoms in total. The van der Waals surface area contributed by atoms with Gasteiger partial charge in [-0.3, -0.25) is 0 Å². The quantitative estimate of drug-likeness (QED) is 0.475. The summed E-state index contributed by atoms with van der Waals surface area (Å²) < 4.78 is 40.3. The van der Waals surface area contributed by atoms with E-state index in [1.165, 1.54) is 82.4 Å². The largest absolute Gasteiger partial charge is 0.327 e. The van der Waals surface area contributed by atoms with Crippen LogP contribution in [0.25, 0.3) is 22.4 Å². The number of benzene rings is 2. The number of likely N-dealkylation sites (tertiary alicyclic amines) is 2. The van der Waals surface area contributed by atoms with E-state index in [1.807, 2.05) is 11.6 Å². The summed E-state index contributed by atoms with van der Waals surface area (Å²) in [5, 5.41) is 0. The van der Waals surface area contributed by atoms with Gasteiger partial charge in [-0.15, -0.1) is 0 Å². The number of imidazole rings is 1. The molecule has 198 valence electrons. The monoisotopic (exact) mass is 524 g/mol. The van der Waals surface area contributed by atoms with Crippen LogP contribution < -0.4 is 0 Å². The van der Waals surface area contributed by atoms with Crippen LogP contribution in [0.3, 0.4) is 0 Å². The maximum Gasteiger partial charge on any atom is 0.178 e. The molecule has 37 heavy (non-hydrogen) atoms. The first-order chi connectivity index (χ1) is 17.7. The van der Waals surface area contributed by atoms with Gasteiger partial charge >= 0.3 is 0 Å². The molecule has 0 bridgehead atoms. The Morgan fingerprint density at radius 1 is 0.892 bits per heavy atom. The summed E-state index contributed by atoms with van der Waals surface area (Å²) in [6, 6.07) is 10.4. The summed E-state index contributed by atoms with van der Waals surface area (Å²) in [4.78, 5) is 9.99. The number of aromatic nitrogens is 2. The fourth-order valence-electron chi connectivity index (χ4n) is 6.57. The fourth-order valence-corrected chi connectivity index (χ4v) is 7.30. The number of rotatable bonds is 5. The van der Waals surface area contributed by atoms with Gasteiger partial charge in [-0.25, -0.2) is 17.8 Å². The van der Waals surface area contributed by atoms with Gasteiger partial charge in [0.05, 0.1) is 11.0 Å². The Kier molecular flexibility index (Phi) is 6.40. The van der Waals surface area contributed by atoms with E-state index in [0.717, 1.165) is 34.9 Å². The molecule has 6 rings (SSSR count). The van der Waals surface area contributed by atoms with E-state index in [0.29, 0.717) is 17.3 Å². The Labute approximate surface area is 219 Å². The molecular weight excluding hydrogens is 487 g/mol. The fraction of sp³-hybridized carbons (Fsp3) is 0.552. The van der Waals surface area contributed by atoms with E-state index < -0.39 is 15.7 Å². The summed E-state index contributed by atoms with van der Waals surface area (Å²) in [6.45, 7) is 6.97. The van der Waals surface area contributed by atoms with Gasteiger partial charge in [-0.05, 0) is 113 Å². The van der Waals surface area contributed by atoms with E-state index in [4.69, 9.17) is 4.98 Å². The number of hydrogen-bond acceptors (Lipinski definition) is 5. The third kappa shape index (κ3) is 4.84. The molecule has 3 fully saturated rings. The van der Waals surface area contributed by atoms with Gasteiger partial charge < -0.3 is 14.4 Å². The molecule has 2 aromatic carbocycles. The van der Waals surface area contributed by atoms with E-state index in [-0.39, 0.29) is 4.90 Å². The van der Waals surface area contributed by atoms with E-state index in [9.17, 15) is 12.8 Å². The maximum atomic E-state index is 14.6. The van der Waals surface area contributed by atoms with Gasteiger partial charge in [0.25, 0.3) is 0 Å². The average Bonchev–Trinajstić information content (AvgIpc) is 3.67. The van der Waals surface area contributed by atoms with Crippen LogP contribution in [0.5, 0.6) is 0 Å². The molecule has 0 N–H and O–H groups in total. The zero-order valence-electron chi connectivity index (χ0n) is 22.1. The van der Waals surface area contributed by atoms with Crippen LogP contribution >= 0.6 is 0 Å². The van der Waals surface area contributed by atoms with Crippen LogP contribution in [0.15, 0.2) is 35.2 Å². The summed E-state index contributed by atoms with van der Waals surface area (Å²) >= 11 is 0. The summed E-state index contributed by atoms with van der Waals surface area (Å²) in [5.41, 5.74) is 5.01. The van der Waals surface area contributed by atoms with Crippen molar-refractivity contribution < 1.29 is 12.8 Å². The summed E-state index contributed by atoms with van der Waals surface area (Å²) in [5.74, 6) is 0.437. The molecule has 0 amide bonds. The second-order valence-electron chi connectivity index (χ2n) is 11.4. The first kappa shape index (κ1) is 25.0. The molecule has 2 aliphatic heterocycles. The Balaban J connectivity index is 1.19. The van der Waals surface area contributed by atoms with Gasteiger partial charge in [0, 0.05) is 31.0 Å². The maximum absolute atomic E-state index is 14.6. The normalized spacial score (nSPS) is 21.2. The van der Waals surface area contributed by atoms with Crippen molar-refractivity contribution in [3.05, 3.63) is 47.3 Å². The summed E-state index contributed by atoms with van der Waals surface area (Å²) in [7, 11) is -1.66. The van der Waals surface area contributed by atoms with Crippen molar-refractivity contribution >= 4 is 20.9 Å². The summed E-state index contributed by atoms with van der Waals surface area (Å²) in [6.07, 6.45) is 8.82. The number of nitrogens with zero attached hydrogens (tertiary/aromatic N) is 4. The molecule has 8 heteroatoms. The van der Waals surface area contributed by atoms with Crippen LogP contribution in [0.1, 0.15) is 55.6 Å². The number of halogens is 1. The predicted molar refractivity (Wildman–Crippen MR) is 145 cm³/mol. The van der Waals surface area contributed by atoms with E-state index >= 15 is 0 Å². The minimum absolute atomic E-state index is 0.284. The zero-order valence-corrected chi connectivity index (χ0v) is 22.9. The van der Waals surface area contributed by atoms with Crippen molar-refractivity contribution in [2.45, 2.75) is 68.3 Å². The van der Waals surface area contributed by atoms with E-state index in [2.05, 4.69) is 28.9 Å². The lowest BCUT2D eigenvalue weighted by atomic mass is 9.87. The third-order valence-electron chi connectivity index (χ3n) is 8.87. The first-order valence-electron chi connectivity index (χ1n) is 13.6. The molecule has 3 aromatic rings. The van der Waals surface area contributed by atoms with Crippen LogP contribution in [0.4, 0.5) is 4.39 Å². The average molecular weight is 525 g/mol. The lowest BCUT2D eigenvalue weighted by Crippen LogP contribution is -2.47. The van der Waals surface area contributed by atoms with Crippen LogP contribution in [0, 0.1) is 12.7 Å². The third-order valence-corrected chi connectivity index (χ3v) is 10.00. The Morgan fingerprint density at radius 2 is 1.51 bits per heavy atom. The molecule has 3 aliphatic rings. The van der Waals surface area contributed by atoms with Crippen LogP contribution in [-0.2, 0) is 16.9 Å². The molecule has 1 saturated carbocycles. The number of aryl methyl sites for hydroxylation is 2. The molecule has 0 spiro atoms. The van der Waals surface area contributed by atoms with Crippen LogP contribution in [0.2, 0.25) is 0 Å². The minimum Gasteiger partial charge on any atom is -0.327 e. The SMILES string of the molecule is Cc1cc(C2CCN(C3CCN(C4CC4)CC3)CC2)cc2c1nc(-c1ccc(S(C)(=O)=O)c(F)c1)n2C. The highest BCUT2D eigenvalue weighted by Crippen LogP contribution is 2.36. The predicted octanol–water partition coefficient (Wildman–Crippen LogP) is 4.90. The van der Waals surface area contributed by atoms with E-state index in [1.54, 1.807) is 6.07 Å². The second-order valence-corrected chi connectivity index (χ2v) is 13.4. The molecule has 1 aliphatic carbocycles.